The van der Waals surface area contributed by atoms with Crippen LogP contribution in [0.1, 0.15) is 29.6 Å². The minimum atomic E-state index is -0.407. The topological polar surface area (TPSA) is 83.5 Å². The number of anilines is 1. The highest BCUT2D eigenvalue weighted by Crippen LogP contribution is 2.44. The Hall–Kier alpha value is -4.07. The molecule has 184 valence electrons. The van der Waals surface area contributed by atoms with Gasteiger partial charge >= 0.3 is 0 Å². The van der Waals surface area contributed by atoms with Crippen molar-refractivity contribution in [2.24, 2.45) is 12.5 Å². The molecule has 2 fully saturated rings. The van der Waals surface area contributed by atoms with Gasteiger partial charge in [0.1, 0.15) is 5.75 Å². The molecule has 6 rings (SSSR count). The monoisotopic (exact) mass is 483 g/mol. The number of ether oxygens (including phenoxy) is 1. The molecule has 0 radical (unpaired) electrons. The highest BCUT2D eigenvalue weighted by Gasteiger charge is 2.49. The second-order valence-electron chi connectivity index (χ2n) is 9.85. The van der Waals surface area contributed by atoms with Crippen molar-refractivity contribution >= 4 is 28.4 Å². The highest BCUT2D eigenvalue weighted by atomic mass is 16.5. The fourth-order valence-electron chi connectivity index (χ4n) is 5.73. The van der Waals surface area contributed by atoms with Crippen molar-refractivity contribution in [3.63, 3.8) is 0 Å². The molecule has 2 aliphatic heterocycles. The molecule has 1 spiro atoms. The summed E-state index contributed by atoms with van der Waals surface area (Å²) in [6.07, 6.45) is 7.74. The second kappa shape index (κ2) is 8.55. The first-order chi connectivity index (χ1) is 17.5. The number of carbonyl (C=O) groups is 2. The van der Waals surface area contributed by atoms with Gasteiger partial charge in [0.2, 0.25) is 5.91 Å². The number of piperidine rings is 1. The number of nitrogens with zero attached hydrogens (tertiary/aromatic N) is 4. The van der Waals surface area contributed by atoms with Gasteiger partial charge in [-0.2, -0.15) is 5.10 Å². The number of nitrogens with one attached hydrogen (secondary N) is 1. The molecular formula is C28H29N5O3. The number of amides is 2. The Kier molecular flexibility index (Phi) is 5.32. The third-order valence-electron chi connectivity index (χ3n) is 7.96. The fourth-order valence-corrected chi connectivity index (χ4v) is 5.73. The summed E-state index contributed by atoms with van der Waals surface area (Å²) < 4.78 is 7.66. The molecule has 1 N–H and O–H groups in total. The van der Waals surface area contributed by atoms with Crippen molar-refractivity contribution in [1.29, 1.82) is 0 Å². The lowest BCUT2D eigenvalue weighted by atomic mass is 9.77. The zero-order valence-corrected chi connectivity index (χ0v) is 20.5. The number of hydrogen-bond acceptors (Lipinski definition) is 4. The van der Waals surface area contributed by atoms with Crippen molar-refractivity contribution in [3.05, 3.63) is 66.6 Å². The normalized spacial score (nSPS) is 17.3. The van der Waals surface area contributed by atoms with E-state index in [-0.39, 0.29) is 11.8 Å². The number of aromatic amines is 1. The van der Waals surface area contributed by atoms with E-state index < -0.39 is 5.41 Å². The summed E-state index contributed by atoms with van der Waals surface area (Å²) >= 11 is 0. The molecule has 2 aliphatic rings. The van der Waals surface area contributed by atoms with E-state index in [1.165, 1.54) is 0 Å². The van der Waals surface area contributed by atoms with Crippen LogP contribution in [0.15, 0.2) is 61.1 Å². The largest absolute Gasteiger partial charge is 0.496 e. The maximum absolute atomic E-state index is 13.7. The highest BCUT2D eigenvalue weighted by molar-refractivity contribution is 6.01. The fraction of sp³-hybridized carbons (Fsp3) is 0.321. The van der Waals surface area contributed by atoms with Crippen LogP contribution in [0.4, 0.5) is 5.69 Å². The number of aryl methyl sites for hydroxylation is 1. The van der Waals surface area contributed by atoms with Gasteiger partial charge < -0.3 is 19.1 Å². The number of carbonyl (C=O) groups excluding carboxylic acids is 2. The van der Waals surface area contributed by atoms with Crippen LogP contribution in [0.5, 0.6) is 5.75 Å². The average molecular weight is 484 g/mol. The summed E-state index contributed by atoms with van der Waals surface area (Å²) in [6, 6.07) is 13.8. The van der Waals surface area contributed by atoms with Gasteiger partial charge in [0, 0.05) is 73.0 Å². The molecule has 2 amide bonds. The van der Waals surface area contributed by atoms with Crippen molar-refractivity contribution < 1.29 is 14.3 Å². The Labute approximate surface area is 209 Å². The number of aromatic nitrogens is 3. The molecule has 0 bridgehead atoms. The molecule has 2 saturated heterocycles. The third kappa shape index (κ3) is 3.56. The minimum absolute atomic E-state index is 0.0369. The molecule has 0 atom stereocenters. The Balaban J connectivity index is 1.17. The number of likely N-dealkylation sites (tertiary alicyclic amines) is 1. The first-order valence-corrected chi connectivity index (χ1v) is 12.3. The van der Waals surface area contributed by atoms with Gasteiger partial charge in [-0.25, -0.2) is 0 Å². The van der Waals surface area contributed by atoms with Crippen LogP contribution in [0.25, 0.3) is 22.0 Å². The van der Waals surface area contributed by atoms with E-state index in [9.17, 15) is 9.59 Å². The number of rotatable bonds is 4. The lowest BCUT2D eigenvalue weighted by molar-refractivity contribution is -0.127. The van der Waals surface area contributed by atoms with Crippen LogP contribution in [-0.4, -0.2) is 58.2 Å². The SMILES string of the molecule is COc1cc(N2CCC3(CCN(C(=O)c4ccc5ccn(C)c5c4)CC3)C2=O)ccc1-c1cn[nH]c1. The van der Waals surface area contributed by atoms with Crippen molar-refractivity contribution in [2.75, 3.05) is 31.6 Å². The van der Waals surface area contributed by atoms with Gasteiger partial charge in [-0.1, -0.05) is 6.07 Å². The number of benzene rings is 2. The first-order valence-electron chi connectivity index (χ1n) is 12.3. The van der Waals surface area contributed by atoms with Gasteiger partial charge in [-0.3, -0.25) is 14.7 Å². The molecule has 4 aromatic rings. The van der Waals surface area contributed by atoms with E-state index in [4.69, 9.17) is 4.74 Å². The molecule has 0 aliphatic carbocycles. The molecule has 0 unspecified atom stereocenters. The van der Waals surface area contributed by atoms with Crippen molar-refractivity contribution in [2.45, 2.75) is 19.3 Å². The molecule has 8 heteroatoms. The van der Waals surface area contributed by atoms with Gasteiger partial charge in [-0.05, 0) is 55.0 Å². The zero-order chi connectivity index (χ0) is 24.9. The summed E-state index contributed by atoms with van der Waals surface area (Å²) in [6.45, 7) is 1.85. The van der Waals surface area contributed by atoms with Gasteiger partial charge in [0.05, 0.1) is 18.7 Å². The molecular weight excluding hydrogens is 454 g/mol. The van der Waals surface area contributed by atoms with E-state index in [1.54, 1.807) is 13.3 Å². The van der Waals surface area contributed by atoms with Crippen LogP contribution >= 0.6 is 0 Å². The molecule has 8 nitrogen and oxygen atoms in total. The molecule has 2 aromatic carbocycles. The second-order valence-corrected chi connectivity index (χ2v) is 9.85. The standard InChI is InChI=1S/C28H29N5O3/c1-31-11-7-19-3-4-20(15-24(19)31)26(34)32-12-8-28(9-13-32)10-14-33(27(28)35)22-5-6-23(25(16-22)36-2)21-17-29-30-18-21/h3-7,11,15-18H,8-10,12-14H2,1-2H3,(H,29,30). The van der Waals surface area contributed by atoms with Crippen LogP contribution in [0, 0.1) is 5.41 Å². The van der Waals surface area contributed by atoms with Gasteiger partial charge in [0.15, 0.2) is 0 Å². The average Bonchev–Trinajstić information content (AvgIpc) is 3.65. The van der Waals surface area contributed by atoms with E-state index in [1.807, 2.05) is 76.3 Å². The molecule has 2 aromatic heterocycles. The predicted octanol–water partition coefficient (Wildman–Crippen LogP) is 4.24. The number of fused-ring (bicyclic) bond motifs is 1. The van der Waals surface area contributed by atoms with E-state index in [0.717, 1.165) is 34.1 Å². The predicted molar refractivity (Wildman–Crippen MR) is 138 cm³/mol. The summed E-state index contributed by atoms with van der Waals surface area (Å²) in [5.41, 5.74) is 4.04. The van der Waals surface area contributed by atoms with Crippen LogP contribution < -0.4 is 9.64 Å². The smallest absolute Gasteiger partial charge is 0.253 e. The molecule has 36 heavy (non-hydrogen) atoms. The van der Waals surface area contributed by atoms with Crippen molar-refractivity contribution in [1.82, 2.24) is 19.7 Å². The Morgan fingerprint density at radius 3 is 2.61 bits per heavy atom. The summed E-state index contributed by atoms with van der Waals surface area (Å²) in [4.78, 5) is 30.7. The third-order valence-corrected chi connectivity index (χ3v) is 7.96. The van der Waals surface area contributed by atoms with E-state index in [0.29, 0.717) is 43.8 Å². The van der Waals surface area contributed by atoms with Gasteiger partial charge in [-0.15, -0.1) is 0 Å². The quantitative estimate of drug-likeness (QED) is 0.471. The molecule has 0 saturated carbocycles. The van der Waals surface area contributed by atoms with E-state index in [2.05, 4.69) is 10.2 Å². The zero-order valence-electron chi connectivity index (χ0n) is 20.5. The van der Waals surface area contributed by atoms with Crippen LogP contribution in [0.2, 0.25) is 0 Å². The van der Waals surface area contributed by atoms with Crippen LogP contribution in [0.3, 0.4) is 0 Å². The summed E-state index contributed by atoms with van der Waals surface area (Å²) in [7, 11) is 3.62. The maximum Gasteiger partial charge on any atom is 0.253 e. The Bertz CT molecular complexity index is 1450. The lowest BCUT2D eigenvalue weighted by Crippen LogP contribution is -2.46. The minimum Gasteiger partial charge on any atom is -0.496 e. The maximum atomic E-state index is 13.7. The van der Waals surface area contributed by atoms with E-state index >= 15 is 0 Å². The number of H-pyrrole nitrogens is 1. The first kappa shape index (κ1) is 22.4. The summed E-state index contributed by atoms with van der Waals surface area (Å²) in [5, 5.41) is 7.97. The van der Waals surface area contributed by atoms with Gasteiger partial charge in [0.25, 0.3) is 5.91 Å². The molecule has 4 heterocycles. The lowest BCUT2D eigenvalue weighted by Gasteiger charge is -2.38. The Morgan fingerprint density at radius 1 is 1.06 bits per heavy atom. The number of hydrogen-bond donors (Lipinski definition) is 1. The Morgan fingerprint density at radius 2 is 1.86 bits per heavy atom. The van der Waals surface area contributed by atoms with Crippen molar-refractivity contribution in [3.8, 4) is 16.9 Å². The van der Waals surface area contributed by atoms with Crippen LogP contribution in [-0.2, 0) is 11.8 Å². The summed E-state index contributed by atoms with van der Waals surface area (Å²) in [5.74, 6) is 0.894. The number of methoxy groups -OCH3 is 1.